The molecule has 184 valence electrons. The fraction of sp³-hybridized carbons (Fsp3) is 0.172. The Bertz CT molecular complexity index is 1770. The van der Waals surface area contributed by atoms with Crippen molar-refractivity contribution in [3.63, 3.8) is 0 Å². The van der Waals surface area contributed by atoms with E-state index in [1.807, 2.05) is 60.7 Å². The highest BCUT2D eigenvalue weighted by atomic mass is 32.1. The van der Waals surface area contributed by atoms with Gasteiger partial charge in [-0.1, -0.05) is 72.0 Å². The number of allylic oxidation sites excluding steroid dienone is 1. The highest BCUT2D eigenvalue weighted by molar-refractivity contribution is 7.07. The van der Waals surface area contributed by atoms with E-state index < -0.39 is 12.0 Å². The Morgan fingerprint density at radius 1 is 1.14 bits per heavy atom. The minimum atomic E-state index is -0.700. The summed E-state index contributed by atoms with van der Waals surface area (Å²) in [5, 5.41) is 10.9. The van der Waals surface area contributed by atoms with E-state index in [1.54, 1.807) is 36.6 Å². The smallest absolute Gasteiger partial charge is 0.338 e. The third-order valence-corrected chi connectivity index (χ3v) is 7.12. The molecule has 1 atom stereocenters. The number of aromatic nitrogens is 1. The summed E-state index contributed by atoms with van der Waals surface area (Å²) in [6.45, 7) is 3.63. The van der Waals surface area contributed by atoms with Gasteiger partial charge < -0.3 is 9.47 Å². The molecule has 0 bridgehead atoms. The summed E-state index contributed by atoms with van der Waals surface area (Å²) in [6, 6.07) is 22.2. The van der Waals surface area contributed by atoms with Gasteiger partial charge in [-0.25, -0.2) is 9.79 Å². The number of fused-ring (bicyclic) bond motifs is 2. The van der Waals surface area contributed by atoms with Crippen molar-refractivity contribution in [3.8, 4) is 11.8 Å². The molecule has 0 radical (unpaired) electrons. The lowest BCUT2D eigenvalue weighted by Gasteiger charge is -2.25. The number of para-hydroxylation sites is 1. The Morgan fingerprint density at radius 3 is 2.70 bits per heavy atom. The van der Waals surface area contributed by atoms with Crippen LogP contribution in [-0.4, -0.2) is 23.8 Å². The number of hydrogen-bond acceptors (Lipinski definition) is 7. The summed E-state index contributed by atoms with van der Waals surface area (Å²) in [5.41, 5.74) is 2.08. The molecule has 0 aliphatic carbocycles. The zero-order valence-corrected chi connectivity index (χ0v) is 21.1. The molecule has 0 fully saturated rings. The van der Waals surface area contributed by atoms with Crippen LogP contribution in [0.25, 0.3) is 16.8 Å². The first-order chi connectivity index (χ1) is 18.0. The quantitative estimate of drug-likeness (QED) is 0.368. The van der Waals surface area contributed by atoms with Crippen LogP contribution in [0.15, 0.2) is 87.8 Å². The Kier molecular flexibility index (Phi) is 6.71. The molecule has 0 saturated heterocycles. The molecule has 0 unspecified atom stereocenters. The van der Waals surface area contributed by atoms with E-state index in [9.17, 15) is 9.59 Å². The van der Waals surface area contributed by atoms with Gasteiger partial charge in [0.1, 0.15) is 11.8 Å². The lowest BCUT2D eigenvalue weighted by atomic mass is 9.91. The van der Waals surface area contributed by atoms with E-state index in [4.69, 9.17) is 14.7 Å². The maximum absolute atomic E-state index is 13.9. The normalized spacial score (nSPS) is 15.2. The van der Waals surface area contributed by atoms with Crippen LogP contribution >= 0.6 is 11.3 Å². The second-order valence-electron chi connectivity index (χ2n) is 8.36. The Balaban J connectivity index is 1.77. The second kappa shape index (κ2) is 10.2. The number of benzene rings is 3. The molecule has 0 amide bonds. The fourth-order valence-electron chi connectivity index (χ4n) is 4.56. The molecule has 1 aliphatic heterocycles. The topological polar surface area (TPSA) is 93.7 Å². The molecule has 8 heteroatoms. The van der Waals surface area contributed by atoms with Crippen molar-refractivity contribution in [2.45, 2.75) is 19.9 Å². The van der Waals surface area contributed by atoms with Crippen LogP contribution in [0.3, 0.4) is 0 Å². The van der Waals surface area contributed by atoms with Crippen LogP contribution in [0.5, 0.6) is 5.75 Å². The van der Waals surface area contributed by atoms with E-state index in [-0.39, 0.29) is 18.8 Å². The third kappa shape index (κ3) is 4.46. The van der Waals surface area contributed by atoms with Crippen molar-refractivity contribution in [2.75, 3.05) is 13.2 Å². The minimum absolute atomic E-state index is 0.102. The summed E-state index contributed by atoms with van der Waals surface area (Å²) >= 11 is 1.25. The highest BCUT2D eigenvalue weighted by Crippen LogP contribution is 2.34. The van der Waals surface area contributed by atoms with Crippen LogP contribution in [0.1, 0.15) is 31.0 Å². The number of ether oxygens (including phenoxy) is 2. The molecule has 1 aliphatic rings. The molecule has 1 aromatic heterocycles. The standard InChI is InChI=1S/C29H23N3O4S/c1-3-35-28(34)25-18(2)31-29-32(26(25)22-13-8-11-19-9-4-6-12-21(19)22)27(33)24(37-29)17-20-10-5-7-14-23(20)36-16-15-30/h4-14,17,26H,3,16H2,1-2H3/b24-17+/t26-/m0/s1. The monoisotopic (exact) mass is 509 g/mol. The summed E-state index contributed by atoms with van der Waals surface area (Å²) in [7, 11) is 0. The zero-order valence-electron chi connectivity index (χ0n) is 20.3. The van der Waals surface area contributed by atoms with Gasteiger partial charge in [0.15, 0.2) is 11.4 Å². The number of nitrogens with zero attached hydrogens (tertiary/aromatic N) is 3. The average molecular weight is 510 g/mol. The van der Waals surface area contributed by atoms with Crippen molar-refractivity contribution in [3.05, 3.63) is 109 Å². The third-order valence-electron chi connectivity index (χ3n) is 6.13. The number of esters is 1. The average Bonchev–Trinajstić information content (AvgIpc) is 3.21. The van der Waals surface area contributed by atoms with E-state index in [0.717, 1.165) is 16.3 Å². The Morgan fingerprint density at radius 2 is 1.89 bits per heavy atom. The van der Waals surface area contributed by atoms with Crippen molar-refractivity contribution in [1.82, 2.24) is 4.57 Å². The highest BCUT2D eigenvalue weighted by Gasteiger charge is 2.34. The molecule has 0 spiro atoms. The molecule has 3 aromatic carbocycles. The van der Waals surface area contributed by atoms with E-state index in [0.29, 0.717) is 31.9 Å². The van der Waals surface area contributed by atoms with Crippen molar-refractivity contribution in [1.29, 1.82) is 5.26 Å². The number of rotatable bonds is 6. The first kappa shape index (κ1) is 24.2. The van der Waals surface area contributed by atoms with E-state index in [1.165, 1.54) is 11.3 Å². The first-order valence-corrected chi connectivity index (χ1v) is 12.6. The number of carbonyl (C=O) groups excluding carboxylic acids is 1. The molecule has 5 rings (SSSR count). The van der Waals surface area contributed by atoms with Crippen molar-refractivity contribution < 1.29 is 14.3 Å². The van der Waals surface area contributed by atoms with Gasteiger partial charge in [-0.05, 0) is 42.3 Å². The van der Waals surface area contributed by atoms with Crippen LogP contribution in [0.4, 0.5) is 0 Å². The molecular weight excluding hydrogens is 486 g/mol. The van der Waals surface area contributed by atoms with Gasteiger partial charge in [0.25, 0.3) is 5.56 Å². The molecule has 4 aromatic rings. The van der Waals surface area contributed by atoms with Gasteiger partial charge >= 0.3 is 5.97 Å². The van der Waals surface area contributed by atoms with Gasteiger partial charge in [-0.3, -0.25) is 9.36 Å². The van der Waals surface area contributed by atoms with Crippen LogP contribution < -0.4 is 19.6 Å². The molecule has 0 saturated carbocycles. The van der Waals surface area contributed by atoms with Crippen LogP contribution in [0.2, 0.25) is 0 Å². The summed E-state index contributed by atoms with van der Waals surface area (Å²) < 4.78 is 13.0. The lowest BCUT2D eigenvalue weighted by molar-refractivity contribution is -0.139. The van der Waals surface area contributed by atoms with Gasteiger partial charge in [0, 0.05) is 5.56 Å². The van der Waals surface area contributed by atoms with Crippen molar-refractivity contribution in [2.24, 2.45) is 4.99 Å². The first-order valence-electron chi connectivity index (χ1n) is 11.8. The molecule has 37 heavy (non-hydrogen) atoms. The van der Waals surface area contributed by atoms with Crippen molar-refractivity contribution >= 4 is 34.2 Å². The zero-order chi connectivity index (χ0) is 25.9. The minimum Gasteiger partial charge on any atom is -0.478 e. The lowest BCUT2D eigenvalue weighted by Crippen LogP contribution is -2.40. The fourth-order valence-corrected chi connectivity index (χ4v) is 5.59. The maximum atomic E-state index is 13.9. The summed E-state index contributed by atoms with van der Waals surface area (Å²) in [4.78, 5) is 32.2. The van der Waals surface area contributed by atoms with Crippen LogP contribution in [0, 0.1) is 11.3 Å². The predicted octanol–water partition coefficient (Wildman–Crippen LogP) is 3.85. The number of thiazole rings is 1. The Hall–Kier alpha value is -4.48. The second-order valence-corrected chi connectivity index (χ2v) is 9.36. The maximum Gasteiger partial charge on any atom is 0.338 e. The van der Waals surface area contributed by atoms with Crippen LogP contribution in [-0.2, 0) is 9.53 Å². The summed E-state index contributed by atoms with van der Waals surface area (Å²) in [6.07, 6.45) is 1.74. The van der Waals surface area contributed by atoms with Gasteiger partial charge in [-0.15, -0.1) is 0 Å². The molecule has 7 nitrogen and oxygen atoms in total. The van der Waals surface area contributed by atoms with Gasteiger partial charge in [-0.2, -0.15) is 5.26 Å². The number of carbonyl (C=O) groups is 1. The Labute approximate surface area is 216 Å². The molecule has 2 heterocycles. The van der Waals surface area contributed by atoms with E-state index in [2.05, 4.69) is 4.99 Å². The SMILES string of the molecule is CCOC(=O)C1=C(C)N=c2s/c(=C/c3ccccc3OCC#N)c(=O)n2[C@H]1c1cccc2ccccc12. The molecule has 0 N–H and O–H groups in total. The summed E-state index contributed by atoms with van der Waals surface area (Å²) in [5.74, 6) is 0.00935. The largest absolute Gasteiger partial charge is 0.478 e. The number of hydrogen-bond donors (Lipinski definition) is 0. The predicted molar refractivity (Wildman–Crippen MR) is 142 cm³/mol. The molecular formula is C29H23N3O4S. The van der Waals surface area contributed by atoms with E-state index >= 15 is 0 Å². The number of nitriles is 1. The van der Waals surface area contributed by atoms with Gasteiger partial charge in [0.2, 0.25) is 0 Å². The van der Waals surface area contributed by atoms with Gasteiger partial charge in [0.05, 0.1) is 28.5 Å².